The van der Waals surface area contributed by atoms with Crippen LogP contribution in [-0.4, -0.2) is 39.2 Å². The Kier molecular flexibility index (Phi) is 7.50. The number of thioether (sulfide) groups is 1. The molecule has 38 heavy (non-hydrogen) atoms. The van der Waals surface area contributed by atoms with E-state index < -0.39 is 17.7 Å². The Balaban J connectivity index is 1.58. The molecule has 192 valence electrons. The number of rotatable bonds is 7. The third kappa shape index (κ3) is 5.04. The number of carbonyl (C=O) groups excluding carboxylic acids is 2. The van der Waals surface area contributed by atoms with Gasteiger partial charge < -0.3 is 14.9 Å². The van der Waals surface area contributed by atoms with Crippen LogP contribution in [0.3, 0.4) is 0 Å². The summed E-state index contributed by atoms with van der Waals surface area (Å²) in [7, 11) is 1.40. The standard InChI is InChI=1S/C27H20BrN3O5S2/c1-36-20-13-17(9-12-19(20)32)22-21(23(33)16-7-10-18(28)11-8-16)24(34)25(35)31(22)26-29-30-27(38-26)37-14-15-5-3-2-4-6-15/h2-13,22,32-33H,14H2,1H3/b23-21-. The minimum Gasteiger partial charge on any atom is -0.507 e. The molecular formula is C27H20BrN3O5S2. The predicted octanol–water partition coefficient (Wildman–Crippen LogP) is 5.93. The second kappa shape index (κ2) is 11.0. The number of phenolic OH excluding ortho intramolecular Hbond substituents is 1. The van der Waals surface area contributed by atoms with Crippen LogP contribution in [0.4, 0.5) is 5.13 Å². The number of ether oxygens (including phenoxy) is 1. The predicted molar refractivity (Wildman–Crippen MR) is 149 cm³/mol. The lowest BCUT2D eigenvalue weighted by atomic mass is 9.95. The van der Waals surface area contributed by atoms with Crippen LogP contribution < -0.4 is 9.64 Å². The molecule has 1 fully saturated rings. The van der Waals surface area contributed by atoms with Crippen LogP contribution in [0.15, 0.2) is 87.2 Å². The van der Waals surface area contributed by atoms with Crippen LogP contribution in [0.2, 0.25) is 0 Å². The minimum atomic E-state index is -1.02. The van der Waals surface area contributed by atoms with E-state index >= 15 is 0 Å². The summed E-state index contributed by atoms with van der Waals surface area (Å²) in [5, 5.41) is 30.0. The Labute approximate surface area is 234 Å². The molecule has 0 spiro atoms. The Hall–Kier alpha value is -3.67. The third-order valence-electron chi connectivity index (χ3n) is 5.89. The van der Waals surface area contributed by atoms with E-state index in [0.717, 1.165) is 10.0 Å². The highest BCUT2D eigenvalue weighted by Crippen LogP contribution is 2.45. The van der Waals surface area contributed by atoms with Gasteiger partial charge in [-0.15, -0.1) is 10.2 Å². The normalized spacial score (nSPS) is 16.7. The maximum Gasteiger partial charge on any atom is 0.301 e. The molecule has 1 atom stereocenters. The fourth-order valence-corrected chi connectivity index (χ4v) is 6.14. The fourth-order valence-electron chi connectivity index (χ4n) is 4.05. The van der Waals surface area contributed by atoms with Crippen molar-refractivity contribution in [2.45, 2.75) is 16.1 Å². The number of carbonyl (C=O) groups is 2. The number of benzene rings is 3. The number of anilines is 1. The zero-order chi connectivity index (χ0) is 26.8. The molecule has 0 radical (unpaired) electrons. The van der Waals surface area contributed by atoms with Crippen LogP contribution in [0, 0.1) is 0 Å². The smallest absolute Gasteiger partial charge is 0.301 e. The third-order valence-corrected chi connectivity index (χ3v) is 8.54. The lowest BCUT2D eigenvalue weighted by molar-refractivity contribution is -0.132. The van der Waals surface area contributed by atoms with Crippen LogP contribution in [0.25, 0.3) is 5.76 Å². The summed E-state index contributed by atoms with van der Waals surface area (Å²) in [5.74, 6) is -1.29. The number of hydrogen-bond acceptors (Lipinski definition) is 9. The van der Waals surface area contributed by atoms with Gasteiger partial charge >= 0.3 is 5.91 Å². The summed E-state index contributed by atoms with van der Waals surface area (Å²) in [6.07, 6.45) is 0. The van der Waals surface area contributed by atoms with Crippen LogP contribution >= 0.6 is 39.0 Å². The van der Waals surface area contributed by atoms with Gasteiger partial charge in [0.1, 0.15) is 5.76 Å². The number of phenols is 1. The maximum absolute atomic E-state index is 13.4. The second-order valence-electron chi connectivity index (χ2n) is 8.23. The molecule has 1 aliphatic rings. The van der Waals surface area contributed by atoms with E-state index in [1.165, 1.54) is 47.2 Å². The highest BCUT2D eigenvalue weighted by molar-refractivity contribution is 9.10. The molecule has 1 aromatic heterocycles. The summed E-state index contributed by atoms with van der Waals surface area (Å²) in [6.45, 7) is 0. The molecule has 1 amide bonds. The van der Waals surface area contributed by atoms with Gasteiger partial charge in [0.15, 0.2) is 15.8 Å². The van der Waals surface area contributed by atoms with Gasteiger partial charge in [0, 0.05) is 15.8 Å². The van der Waals surface area contributed by atoms with Gasteiger partial charge in [-0.3, -0.25) is 14.5 Å². The monoisotopic (exact) mass is 609 g/mol. The van der Waals surface area contributed by atoms with Gasteiger partial charge in [0.25, 0.3) is 5.78 Å². The molecule has 3 aromatic carbocycles. The number of aliphatic hydroxyl groups excluding tert-OH is 1. The molecule has 8 nitrogen and oxygen atoms in total. The summed E-state index contributed by atoms with van der Waals surface area (Å²) in [6, 6.07) is 20.1. The molecule has 1 saturated heterocycles. The Morgan fingerprint density at radius 2 is 1.82 bits per heavy atom. The van der Waals surface area contributed by atoms with E-state index in [1.54, 1.807) is 30.3 Å². The second-order valence-corrected chi connectivity index (χ2v) is 11.3. The summed E-state index contributed by atoms with van der Waals surface area (Å²) >= 11 is 6.01. The van der Waals surface area contributed by atoms with Crippen molar-refractivity contribution in [3.8, 4) is 11.5 Å². The number of Topliss-reactive ketones (excluding diaryl/α,β-unsaturated/α-hetero) is 1. The van der Waals surface area contributed by atoms with Crippen molar-refractivity contribution >= 4 is 61.6 Å². The molecule has 4 aromatic rings. The Morgan fingerprint density at radius 3 is 2.53 bits per heavy atom. The first-order chi connectivity index (χ1) is 18.4. The first kappa shape index (κ1) is 26.0. The molecule has 0 aliphatic carbocycles. The van der Waals surface area contributed by atoms with E-state index in [-0.39, 0.29) is 28.0 Å². The molecule has 1 aliphatic heterocycles. The number of aromatic hydroxyl groups is 1. The first-order valence-electron chi connectivity index (χ1n) is 11.3. The first-order valence-corrected chi connectivity index (χ1v) is 13.9. The van der Waals surface area contributed by atoms with E-state index in [9.17, 15) is 19.8 Å². The van der Waals surface area contributed by atoms with Gasteiger partial charge in [-0.25, -0.2) is 0 Å². The summed E-state index contributed by atoms with van der Waals surface area (Å²) < 4.78 is 6.68. The largest absolute Gasteiger partial charge is 0.507 e. The molecule has 0 bridgehead atoms. The van der Waals surface area contributed by atoms with Gasteiger partial charge in [0.05, 0.1) is 18.7 Å². The number of methoxy groups -OCH3 is 1. The molecule has 11 heteroatoms. The number of nitrogens with zero attached hydrogens (tertiary/aromatic N) is 3. The van der Waals surface area contributed by atoms with E-state index in [2.05, 4.69) is 26.1 Å². The van der Waals surface area contributed by atoms with Crippen molar-refractivity contribution in [3.63, 3.8) is 0 Å². The lowest BCUT2D eigenvalue weighted by Crippen LogP contribution is -2.29. The zero-order valence-electron chi connectivity index (χ0n) is 19.9. The number of ketones is 1. The van der Waals surface area contributed by atoms with Gasteiger partial charge in [0.2, 0.25) is 5.13 Å². The highest BCUT2D eigenvalue weighted by atomic mass is 79.9. The Morgan fingerprint density at radius 1 is 1.08 bits per heavy atom. The molecule has 2 heterocycles. The van der Waals surface area contributed by atoms with Crippen LogP contribution in [0.5, 0.6) is 11.5 Å². The van der Waals surface area contributed by atoms with Crippen molar-refractivity contribution in [1.29, 1.82) is 0 Å². The van der Waals surface area contributed by atoms with Crippen molar-refractivity contribution in [3.05, 3.63) is 99.5 Å². The topological polar surface area (TPSA) is 113 Å². The van der Waals surface area contributed by atoms with Crippen LogP contribution in [0.1, 0.15) is 22.7 Å². The molecule has 0 saturated carbocycles. The summed E-state index contributed by atoms with van der Waals surface area (Å²) in [4.78, 5) is 28.0. The van der Waals surface area contributed by atoms with Crippen molar-refractivity contribution in [2.24, 2.45) is 0 Å². The van der Waals surface area contributed by atoms with Crippen molar-refractivity contribution in [2.75, 3.05) is 12.0 Å². The number of halogens is 1. The lowest BCUT2D eigenvalue weighted by Gasteiger charge is -2.23. The number of aromatic nitrogens is 2. The van der Waals surface area contributed by atoms with Crippen molar-refractivity contribution in [1.82, 2.24) is 10.2 Å². The average molecular weight is 611 g/mol. The summed E-state index contributed by atoms with van der Waals surface area (Å²) in [5.41, 5.74) is 1.84. The molecular weight excluding hydrogens is 590 g/mol. The zero-order valence-corrected chi connectivity index (χ0v) is 23.1. The van der Waals surface area contributed by atoms with Crippen molar-refractivity contribution < 1.29 is 24.5 Å². The maximum atomic E-state index is 13.4. The minimum absolute atomic E-state index is 0.0984. The van der Waals surface area contributed by atoms with Gasteiger partial charge in [-0.2, -0.15) is 0 Å². The molecule has 5 rings (SSSR count). The average Bonchev–Trinajstić information content (AvgIpc) is 3.50. The SMILES string of the molecule is COc1cc(C2/C(=C(/O)c3ccc(Br)cc3)C(=O)C(=O)N2c2nnc(SCc3ccccc3)s2)ccc1O. The highest BCUT2D eigenvalue weighted by Gasteiger charge is 2.48. The molecule has 2 N–H and O–H groups in total. The van der Waals surface area contributed by atoms with Gasteiger partial charge in [-0.1, -0.05) is 87.6 Å². The van der Waals surface area contributed by atoms with Gasteiger partial charge in [-0.05, 0) is 35.4 Å². The van der Waals surface area contributed by atoms with Crippen LogP contribution in [-0.2, 0) is 15.3 Å². The fraction of sp³-hybridized carbons (Fsp3) is 0.111. The van der Waals surface area contributed by atoms with E-state index in [4.69, 9.17) is 4.74 Å². The Bertz CT molecular complexity index is 1540. The quantitative estimate of drug-likeness (QED) is 0.0871. The number of hydrogen-bond donors (Lipinski definition) is 2. The van der Waals surface area contributed by atoms with E-state index in [0.29, 0.717) is 21.2 Å². The van der Waals surface area contributed by atoms with E-state index in [1.807, 2.05) is 30.3 Å². The molecule has 1 unspecified atom stereocenters. The number of amides is 1. The number of aliphatic hydroxyl groups is 1.